The van der Waals surface area contributed by atoms with Crippen molar-refractivity contribution in [2.75, 3.05) is 0 Å². The molecular weight excluding hydrogens is 387 g/mol. The average Bonchev–Trinajstić information content (AvgIpc) is 2.68. The summed E-state index contributed by atoms with van der Waals surface area (Å²) in [6.07, 6.45) is 6.39. The molecule has 0 saturated carbocycles. The minimum atomic E-state index is -1.81. The Bertz CT molecular complexity index is 712. The normalized spacial score (nSPS) is 11.6. The largest absolute Gasteiger partial charge is 1.00 e. The molecule has 2 heteroatoms. The Morgan fingerprint density at radius 1 is 0.560 bits per heavy atom. The maximum Gasteiger partial charge on any atom is 0.136 e. The van der Waals surface area contributed by atoms with Gasteiger partial charge in [0.15, 0.2) is 0 Å². The second-order valence-corrected chi connectivity index (χ2v) is 8.89. The lowest BCUT2D eigenvalue weighted by Gasteiger charge is -2.23. The van der Waals surface area contributed by atoms with Gasteiger partial charge >= 0.3 is 0 Å². The molecule has 0 saturated heterocycles. The van der Waals surface area contributed by atoms with Gasteiger partial charge in [-0.25, -0.2) is 0 Å². The molecule has 0 aliphatic carbocycles. The SMILES string of the molecule is CC=CC=C[P+](c1ccccc1)(c1ccccc1)c1ccccc1.[Br-]. The summed E-state index contributed by atoms with van der Waals surface area (Å²) in [4.78, 5) is 0. The van der Waals surface area contributed by atoms with Crippen molar-refractivity contribution in [1.82, 2.24) is 0 Å². The van der Waals surface area contributed by atoms with Crippen molar-refractivity contribution < 1.29 is 17.0 Å². The van der Waals surface area contributed by atoms with Gasteiger partial charge in [0.25, 0.3) is 0 Å². The first kappa shape index (κ1) is 19.4. The van der Waals surface area contributed by atoms with Gasteiger partial charge in [-0.1, -0.05) is 66.7 Å². The third kappa shape index (κ3) is 4.18. The molecule has 126 valence electrons. The van der Waals surface area contributed by atoms with Crippen LogP contribution in [0, 0.1) is 0 Å². The van der Waals surface area contributed by atoms with E-state index in [-0.39, 0.29) is 17.0 Å². The molecule has 0 unspecified atom stereocenters. The predicted octanol–water partition coefficient (Wildman–Crippen LogP) is 2.07. The van der Waals surface area contributed by atoms with Crippen LogP contribution in [0.25, 0.3) is 0 Å². The molecule has 3 aromatic rings. The fourth-order valence-electron chi connectivity index (χ4n) is 2.98. The Morgan fingerprint density at radius 2 is 0.920 bits per heavy atom. The van der Waals surface area contributed by atoms with Crippen LogP contribution in [0.2, 0.25) is 0 Å². The molecule has 0 aliphatic rings. The lowest BCUT2D eigenvalue weighted by molar-refractivity contribution is -0.00000466. The van der Waals surface area contributed by atoms with Crippen molar-refractivity contribution in [2.45, 2.75) is 6.92 Å². The third-order valence-corrected chi connectivity index (χ3v) is 8.06. The summed E-state index contributed by atoms with van der Waals surface area (Å²) in [5, 5.41) is 4.13. The van der Waals surface area contributed by atoms with Crippen molar-refractivity contribution in [1.29, 1.82) is 0 Å². The maximum absolute atomic E-state index is 2.41. The van der Waals surface area contributed by atoms with Crippen molar-refractivity contribution >= 4 is 23.2 Å². The highest BCUT2D eigenvalue weighted by atomic mass is 79.9. The number of hydrogen-bond acceptors (Lipinski definition) is 0. The predicted molar refractivity (Wildman–Crippen MR) is 109 cm³/mol. The van der Waals surface area contributed by atoms with E-state index < -0.39 is 7.26 Å². The quantitative estimate of drug-likeness (QED) is 0.447. The van der Waals surface area contributed by atoms with Gasteiger partial charge in [0.1, 0.15) is 23.2 Å². The molecule has 0 spiro atoms. The van der Waals surface area contributed by atoms with Crippen molar-refractivity contribution in [3.05, 3.63) is 115 Å². The van der Waals surface area contributed by atoms with E-state index in [9.17, 15) is 0 Å². The lowest BCUT2D eigenvalue weighted by atomic mass is 10.4. The van der Waals surface area contributed by atoms with Crippen LogP contribution in [-0.2, 0) is 0 Å². The van der Waals surface area contributed by atoms with Crippen LogP contribution in [0.5, 0.6) is 0 Å². The van der Waals surface area contributed by atoms with Crippen LogP contribution >= 0.6 is 7.26 Å². The maximum atomic E-state index is 2.41. The smallest absolute Gasteiger partial charge is 0.136 e. The Kier molecular flexibility index (Phi) is 7.37. The molecule has 3 rings (SSSR count). The molecule has 0 N–H and O–H groups in total. The summed E-state index contributed by atoms with van der Waals surface area (Å²) in [6, 6.07) is 32.6. The van der Waals surface area contributed by atoms with Crippen molar-refractivity contribution in [3.63, 3.8) is 0 Å². The molecule has 0 bridgehead atoms. The van der Waals surface area contributed by atoms with Gasteiger partial charge in [-0.15, -0.1) is 0 Å². The summed E-state index contributed by atoms with van der Waals surface area (Å²) in [5.74, 6) is 2.41. The summed E-state index contributed by atoms with van der Waals surface area (Å²) in [7, 11) is -1.81. The number of benzene rings is 3. The van der Waals surface area contributed by atoms with Gasteiger partial charge in [0, 0.05) is 0 Å². The first-order valence-electron chi connectivity index (χ1n) is 8.24. The molecule has 0 aliphatic heterocycles. The highest BCUT2D eigenvalue weighted by Crippen LogP contribution is 2.56. The van der Waals surface area contributed by atoms with E-state index in [1.165, 1.54) is 15.9 Å². The van der Waals surface area contributed by atoms with Crippen LogP contribution in [0.15, 0.2) is 115 Å². The van der Waals surface area contributed by atoms with Gasteiger partial charge in [-0.2, -0.15) is 0 Å². The van der Waals surface area contributed by atoms with Gasteiger partial charge in [0.05, 0.1) is 5.82 Å². The Balaban J connectivity index is 0.00000225. The Hall–Kier alpha value is -1.95. The molecule has 0 fully saturated rings. The van der Waals surface area contributed by atoms with E-state index in [1.54, 1.807) is 0 Å². The van der Waals surface area contributed by atoms with Crippen LogP contribution in [0.1, 0.15) is 6.92 Å². The van der Waals surface area contributed by atoms with E-state index in [0.717, 1.165) is 0 Å². The molecular formula is C23H22BrP. The van der Waals surface area contributed by atoms with E-state index >= 15 is 0 Å². The van der Waals surface area contributed by atoms with Crippen LogP contribution in [-0.4, -0.2) is 0 Å². The molecule has 0 amide bonds. The molecule has 0 atom stereocenters. The van der Waals surface area contributed by atoms with E-state index in [0.29, 0.717) is 0 Å². The Morgan fingerprint density at radius 3 is 1.24 bits per heavy atom. The lowest BCUT2D eigenvalue weighted by Crippen LogP contribution is -3.00. The summed E-state index contributed by atoms with van der Waals surface area (Å²) in [6.45, 7) is 2.05. The van der Waals surface area contributed by atoms with Crippen LogP contribution in [0.4, 0.5) is 0 Å². The minimum Gasteiger partial charge on any atom is -1.00 e. The van der Waals surface area contributed by atoms with E-state index in [4.69, 9.17) is 0 Å². The number of hydrogen-bond donors (Lipinski definition) is 0. The van der Waals surface area contributed by atoms with Crippen molar-refractivity contribution in [3.8, 4) is 0 Å². The second kappa shape index (κ2) is 9.51. The number of allylic oxidation sites excluding steroid dienone is 3. The fourth-order valence-corrected chi connectivity index (χ4v) is 6.68. The van der Waals surface area contributed by atoms with Crippen molar-refractivity contribution in [2.24, 2.45) is 0 Å². The Labute approximate surface area is 162 Å². The first-order chi connectivity index (χ1) is 11.9. The first-order valence-corrected chi connectivity index (χ1v) is 10.1. The summed E-state index contributed by atoms with van der Waals surface area (Å²) in [5.41, 5.74) is 0. The minimum absolute atomic E-state index is 0. The van der Waals surface area contributed by atoms with E-state index in [2.05, 4.69) is 122 Å². The molecule has 25 heavy (non-hydrogen) atoms. The molecule has 3 aromatic carbocycles. The standard InChI is InChI=1S/C23H22P.BrH/c1-2-3-13-20-24(21-14-7-4-8-15-21,22-16-9-5-10-17-22)23-18-11-6-12-19-23;/h2-20H,1H3;1H/q+1;/p-1. The second-order valence-electron chi connectivity index (χ2n) is 5.60. The van der Waals surface area contributed by atoms with Crippen LogP contribution < -0.4 is 32.9 Å². The van der Waals surface area contributed by atoms with Gasteiger partial charge < -0.3 is 17.0 Å². The molecule has 0 heterocycles. The summed E-state index contributed by atoms with van der Waals surface area (Å²) < 4.78 is 0. The number of rotatable bonds is 5. The van der Waals surface area contributed by atoms with Crippen LogP contribution in [0.3, 0.4) is 0 Å². The zero-order valence-corrected chi connectivity index (χ0v) is 16.8. The van der Waals surface area contributed by atoms with Gasteiger partial charge in [-0.3, -0.25) is 0 Å². The molecule has 0 nitrogen and oxygen atoms in total. The zero-order chi connectivity index (χ0) is 16.7. The monoisotopic (exact) mass is 408 g/mol. The average molecular weight is 409 g/mol. The van der Waals surface area contributed by atoms with Gasteiger partial charge in [-0.05, 0) is 49.4 Å². The fraction of sp³-hybridized carbons (Fsp3) is 0.0435. The highest BCUT2D eigenvalue weighted by molar-refractivity contribution is 7.98. The summed E-state index contributed by atoms with van der Waals surface area (Å²) >= 11 is 0. The third-order valence-electron chi connectivity index (χ3n) is 4.10. The zero-order valence-electron chi connectivity index (χ0n) is 14.3. The van der Waals surface area contributed by atoms with E-state index in [1.807, 2.05) is 0 Å². The topological polar surface area (TPSA) is 0 Å². The molecule has 0 radical (unpaired) electrons. The molecule has 0 aromatic heterocycles. The highest BCUT2D eigenvalue weighted by Gasteiger charge is 2.42. The van der Waals surface area contributed by atoms with Gasteiger partial charge in [0.2, 0.25) is 0 Å². The number of halogens is 1.